The summed E-state index contributed by atoms with van der Waals surface area (Å²) in [5, 5.41) is 0.290. The number of aryl methyl sites for hydroxylation is 1. The van der Waals surface area contributed by atoms with E-state index >= 15 is 0 Å². The molecule has 0 saturated heterocycles. The Morgan fingerprint density at radius 3 is 2.56 bits per heavy atom. The number of benzene rings is 2. The van der Waals surface area contributed by atoms with Gasteiger partial charge in [-0.3, -0.25) is 0 Å². The monoisotopic (exact) mass is 417 g/mol. The minimum atomic E-state index is -4.65. The van der Waals surface area contributed by atoms with Crippen LogP contribution in [0.2, 0.25) is 5.02 Å². The standard InChI is InChI=1S/C17H15ClF3N3O2S/c1-11-6-7-12(10-13(11)18)27(25,26)22-8-9-24-15-5-3-2-4-14(15)23-16(24)17(19,20)21/h2-7,10,22H,8-9H2,1H3. The zero-order chi connectivity index (χ0) is 19.8. The number of imidazole rings is 1. The van der Waals surface area contributed by atoms with Crippen molar-refractivity contribution in [3.05, 3.63) is 58.9 Å². The molecule has 0 amide bonds. The average Bonchev–Trinajstić information content (AvgIpc) is 2.96. The molecule has 0 bridgehead atoms. The molecule has 0 aliphatic heterocycles. The molecular weight excluding hydrogens is 403 g/mol. The molecular formula is C17H15ClF3N3O2S. The minimum Gasteiger partial charge on any atom is -0.319 e. The van der Waals surface area contributed by atoms with Gasteiger partial charge in [0.25, 0.3) is 0 Å². The lowest BCUT2D eigenvalue weighted by atomic mass is 10.2. The van der Waals surface area contributed by atoms with Crippen LogP contribution in [0.5, 0.6) is 0 Å². The van der Waals surface area contributed by atoms with E-state index in [9.17, 15) is 21.6 Å². The lowest BCUT2D eigenvalue weighted by Gasteiger charge is -2.12. The molecule has 0 radical (unpaired) electrons. The van der Waals surface area contributed by atoms with Crippen LogP contribution in [0, 0.1) is 6.92 Å². The second kappa shape index (κ2) is 7.14. The summed E-state index contributed by atoms with van der Waals surface area (Å²) in [6.45, 7) is 1.26. The fourth-order valence-corrected chi connectivity index (χ4v) is 3.93. The molecule has 1 N–H and O–H groups in total. The summed E-state index contributed by atoms with van der Waals surface area (Å²) >= 11 is 5.94. The van der Waals surface area contributed by atoms with Crippen LogP contribution < -0.4 is 4.72 Å². The summed E-state index contributed by atoms with van der Waals surface area (Å²) in [5.74, 6) is -1.07. The lowest BCUT2D eigenvalue weighted by Crippen LogP contribution is -2.28. The van der Waals surface area contributed by atoms with Crippen molar-refractivity contribution in [2.45, 2.75) is 24.5 Å². The summed E-state index contributed by atoms with van der Waals surface area (Å²) in [6, 6.07) is 10.4. The van der Waals surface area contributed by atoms with E-state index in [1.807, 2.05) is 0 Å². The third-order valence-electron chi connectivity index (χ3n) is 3.99. The van der Waals surface area contributed by atoms with Crippen molar-refractivity contribution in [1.82, 2.24) is 14.3 Å². The van der Waals surface area contributed by atoms with E-state index in [4.69, 9.17) is 11.6 Å². The fourth-order valence-electron chi connectivity index (χ4n) is 2.63. The molecule has 144 valence electrons. The van der Waals surface area contributed by atoms with E-state index in [2.05, 4.69) is 9.71 Å². The molecule has 10 heteroatoms. The van der Waals surface area contributed by atoms with Gasteiger partial charge in [-0.2, -0.15) is 13.2 Å². The quantitative estimate of drug-likeness (QED) is 0.682. The molecule has 5 nitrogen and oxygen atoms in total. The van der Waals surface area contributed by atoms with Gasteiger partial charge in [0.05, 0.1) is 15.9 Å². The number of rotatable bonds is 5. The van der Waals surface area contributed by atoms with Crippen molar-refractivity contribution < 1.29 is 21.6 Å². The van der Waals surface area contributed by atoms with Crippen LogP contribution in [-0.2, 0) is 22.7 Å². The van der Waals surface area contributed by atoms with E-state index in [0.29, 0.717) is 0 Å². The molecule has 1 heterocycles. The Kier molecular flexibility index (Phi) is 5.20. The Morgan fingerprint density at radius 2 is 1.89 bits per heavy atom. The van der Waals surface area contributed by atoms with Crippen molar-refractivity contribution in [3.63, 3.8) is 0 Å². The number of nitrogens with zero attached hydrogens (tertiary/aromatic N) is 2. The Morgan fingerprint density at radius 1 is 1.19 bits per heavy atom. The highest BCUT2D eigenvalue weighted by Crippen LogP contribution is 2.31. The van der Waals surface area contributed by atoms with Crippen molar-refractivity contribution in [3.8, 4) is 0 Å². The minimum absolute atomic E-state index is 0.0513. The van der Waals surface area contributed by atoms with Crippen LogP contribution in [0.3, 0.4) is 0 Å². The Labute approximate surface area is 158 Å². The summed E-state index contributed by atoms with van der Waals surface area (Å²) in [5.41, 5.74) is 1.19. The molecule has 0 saturated carbocycles. The number of sulfonamides is 1. The van der Waals surface area contributed by atoms with Gasteiger partial charge in [0, 0.05) is 18.1 Å². The van der Waals surface area contributed by atoms with Gasteiger partial charge in [0.2, 0.25) is 15.8 Å². The molecule has 1 aromatic heterocycles. The smallest absolute Gasteiger partial charge is 0.319 e. The Bertz CT molecular complexity index is 1090. The van der Waals surface area contributed by atoms with Crippen LogP contribution in [0.1, 0.15) is 11.4 Å². The first-order valence-corrected chi connectivity index (χ1v) is 9.74. The molecule has 0 aliphatic rings. The second-order valence-corrected chi connectivity index (χ2v) is 8.06. The fraction of sp³-hybridized carbons (Fsp3) is 0.235. The first-order chi connectivity index (χ1) is 12.6. The largest absolute Gasteiger partial charge is 0.449 e. The van der Waals surface area contributed by atoms with Crippen LogP contribution in [0.25, 0.3) is 11.0 Å². The molecule has 3 aromatic rings. The van der Waals surface area contributed by atoms with E-state index in [-0.39, 0.29) is 34.0 Å². The molecule has 0 spiro atoms. The number of aromatic nitrogens is 2. The molecule has 2 aromatic carbocycles. The maximum atomic E-state index is 13.3. The number of halogens is 4. The molecule has 27 heavy (non-hydrogen) atoms. The van der Waals surface area contributed by atoms with E-state index in [0.717, 1.165) is 10.1 Å². The lowest BCUT2D eigenvalue weighted by molar-refractivity contribution is -0.146. The van der Waals surface area contributed by atoms with Crippen LogP contribution >= 0.6 is 11.6 Å². The van der Waals surface area contributed by atoms with Crippen LogP contribution in [0.4, 0.5) is 13.2 Å². The van der Waals surface area contributed by atoms with Crippen molar-refractivity contribution >= 4 is 32.7 Å². The molecule has 3 rings (SSSR count). The van der Waals surface area contributed by atoms with Gasteiger partial charge in [0.15, 0.2) is 0 Å². The summed E-state index contributed by atoms with van der Waals surface area (Å²) in [6.07, 6.45) is -4.65. The van der Waals surface area contributed by atoms with Gasteiger partial charge in [-0.15, -0.1) is 0 Å². The Hall–Kier alpha value is -2.10. The predicted molar refractivity (Wildman–Crippen MR) is 96.1 cm³/mol. The maximum Gasteiger partial charge on any atom is 0.449 e. The number of fused-ring (bicyclic) bond motifs is 1. The predicted octanol–water partition coefficient (Wildman–Crippen LogP) is 4.00. The first kappa shape index (κ1) is 19.7. The van der Waals surface area contributed by atoms with E-state index in [1.165, 1.54) is 24.3 Å². The molecule has 0 unspecified atom stereocenters. The average molecular weight is 418 g/mol. The topological polar surface area (TPSA) is 64.0 Å². The van der Waals surface area contributed by atoms with Gasteiger partial charge < -0.3 is 4.57 Å². The van der Waals surface area contributed by atoms with Crippen molar-refractivity contribution in [1.29, 1.82) is 0 Å². The number of alkyl halides is 3. The maximum absolute atomic E-state index is 13.3. The summed E-state index contributed by atoms with van der Waals surface area (Å²) in [7, 11) is -3.90. The highest BCUT2D eigenvalue weighted by atomic mass is 35.5. The van der Waals surface area contributed by atoms with E-state index < -0.39 is 22.0 Å². The van der Waals surface area contributed by atoms with Gasteiger partial charge in [0.1, 0.15) is 0 Å². The molecule has 0 aliphatic carbocycles. The number of hydrogen-bond acceptors (Lipinski definition) is 3. The highest BCUT2D eigenvalue weighted by Gasteiger charge is 2.37. The van der Waals surface area contributed by atoms with Gasteiger partial charge >= 0.3 is 6.18 Å². The number of nitrogens with one attached hydrogen (secondary N) is 1. The second-order valence-electron chi connectivity index (χ2n) is 5.88. The number of para-hydroxylation sites is 2. The third kappa shape index (κ3) is 4.10. The molecule has 0 atom stereocenters. The zero-order valence-corrected chi connectivity index (χ0v) is 15.7. The normalized spacial score (nSPS) is 12.6. The van der Waals surface area contributed by atoms with Crippen molar-refractivity contribution in [2.75, 3.05) is 6.54 Å². The van der Waals surface area contributed by atoms with Crippen LogP contribution in [-0.4, -0.2) is 24.5 Å². The van der Waals surface area contributed by atoms with Gasteiger partial charge in [-0.25, -0.2) is 18.1 Å². The summed E-state index contributed by atoms with van der Waals surface area (Å²) in [4.78, 5) is 3.57. The SMILES string of the molecule is Cc1ccc(S(=O)(=O)NCCn2c(C(F)(F)F)nc3ccccc32)cc1Cl. The van der Waals surface area contributed by atoms with Gasteiger partial charge in [-0.1, -0.05) is 29.8 Å². The summed E-state index contributed by atoms with van der Waals surface area (Å²) < 4.78 is 67.7. The third-order valence-corrected chi connectivity index (χ3v) is 5.86. The van der Waals surface area contributed by atoms with Crippen LogP contribution in [0.15, 0.2) is 47.4 Å². The number of hydrogen-bond donors (Lipinski definition) is 1. The Balaban J connectivity index is 1.84. The highest BCUT2D eigenvalue weighted by molar-refractivity contribution is 7.89. The van der Waals surface area contributed by atoms with E-state index in [1.54, 1.807) is 25.1 Å². The zero-order valence-electron chi connectivity index (χ0n) is 14.1. The van der Waals surface area contributed by atoms with Gasteiger partial charge in [-0.05, 0) is 36.8 Å². The van der Waals surface area contributed by atoms with Crippen molar-refractivity contribution in [2.24, 2.45) is 0 Å². The molecule has 0 fully saturated rings. The first-order valence-electron chi connectivity index (χ1n) is 7.88.